The van der Waals surface area contributed by atoms with Gasteiger partial charge < -0.3 is 0 Å². The minimum Gasteiger partial charge on any atom is -0.293 e. The first-order valence-corrected chi connectivity index (χ1v) is 8.27. The molecule has 2 aromatic carbocycles. The molecule has 0 N–H and O–H groups in total. The monoisotopic (exact) mass is 357 g/mol. The Morgan fingerprint density at radius 1 is 1.10 bits per heavy atom. The zero-order valence-corrected chi connectivity index (χ0v) is 13.5. The molecule has 0 atom stereocenters. The first-order valence-electron chi connectivity index (χ1n) is 6.49. The van der Waals surface area contributed by atoms with Gasteiger partial charge in [-0.3, -0.25) is 9.78 Å². The summed E-state index contributed by atoms with van der Waals surface area (Å²) in [6.45, 7) is 0. The molecule has 2 nitrogen and oxygen atoms in total. The molecule has 0 fully saturated rings. The smallest absolute Gasteiger partial charge is 0.173 e. The maximum absolute atomic E-state index is 12.3. The molecule has 0 aliphatic rings. The third-order valence-electron chi connectivity index (χ3n) is 3.12. The highest BCUT2D eigenvalue weighted by Gasteiger charge is 2.09. The molecule has 0 radical (unpaired) electrons. The average molecular weight is 358 g/mol. The van der Waals surface area contributed by atoms with Crippen molar-refractivity contribution in [3.63, 3.8) is 0 Å². The van der Waals surface area contributed by atoms with E-state index in [4.69, 9.17) is 0 Å². The molecule has 0 aliphatic heterocycles. The Kier molecular flexibility index (Phi) is 4.36. The van der Waals surface area contributed by atoms with E-state index < -0.39 is 0 Å². The lowest BCUT2D eigenvalue weighted by atomic mass is 10.1. The van der Waals surface area contributed by atoms with Crippen LogP contribution < -0.4 is 0 Å². The van der Waals surface area contributed by atoms with Crippen molar-refractivity contribution in [2.24, 2.45) is 0 Å². The van der Waals surface area contributed by atoms with Gasteiger partial charge in [0.25, 0.3) is 0 Å². The molecule has 1 heterocycles. The molecule has 0 aliphatic carbocycles. The van der Waals surface area contributed by atoms with E-state index in [1.54, 1.807) is 6.20 Å². The largest absolute Gasteiger partial charge is 0.293 e. The summed E-state index contributed by atoms with van der Waals surface area (Å²) in [6.07, 6.45) is 1.74. The summed E-state index contributed by atoms with van der Waals surface area (Å²) < 4.78 is 1.02. The van der Waals surface area contributed by atoms with E-state index in [0.29, 0.717) is 11.3 Å². The second kappa shape index (κ2) is 6.41. The minimum atomic E-state index is 0.114. The van der Waals surface area contributed by atoms with Gasteiger partial charge in [0.2, 0.25) is 0 Å². The quantitative estimate of drug-likeness (QED) is 0.487. The highest BCUT2D eigenvalue weighted by molar-refractivity contribution is 9.10. The SMILES string of the molecule is O=C(CSc1ccccc1Br)c1ccc2cccnc2c1. The summed E-state index contributed by atoms with van der Waals surface area (Å²) in [5.74, 6) is 0.532. The number of Topliss-reactive ketones (excluding diaryl/α,β-unsaturated/α-hetero) is 1. The lowest BCUT2D eigenvalue weighted by molar-refractivity contribution is 0.102. The molecule has 21 heavy (non-hydrogen) atoms. The number of ketones is 1. The fourth-order valence-electron chi connectivity index (χ4n) is 2.03. The highest BCUT2D eigenvalue weighted by atomic mass is 79.9. The predicted octanol–water partition coefficient (Wildman–Crippen LogP) is 4.97. The van der Waals surface area contributed by atoms with Crippen molar-refractivity contribution in [1.82, 2.24) is 4.98 Å². The summed E-state index contributed by atoms with van der Waals surface area (Å²) >= 11 is 5.03. The van der Waals surface area contributed by atoms with Gasteiger partial charge in [-0.1, -0.05) is 30.3 Å². The molecule has 1 aromatic heterocycles. The van der Waals surface area contributed by atoms with Gasteiger partial charge in [0.05, 0.1) is 11.3 Å². The number of hydrogen-bond acceptors (Lipinski definition) is 3. The van der Waals surface area contributed by atoms with Gasteiger partial charge >= 0.3 is 0 Å². The van der Waals surface area contributed by atoms with Crippen molar-refractivity contribution in [3.05, 3.63) is 70.8 Å². The van der Waals surface area contributed by atoms with Gasteiger partial charge in [-0.05, 0) is 40.2 Å². The number of halogens is 1. The van der Waals surface area contributed by atoms with Gasteiger partial charge in [-0.2, -0.15) is 0 Å². The van der Waals surface area contributed by atoms with Crippen LogP contribution in [0.25, 0.3) is 10.9 Å². The zero-order chi connectivity index (χ0) is 14.7. The maximum atomic E-state index is 12.3. The van der Waals surface area contributed by atoms with E-state index in [2.05, 4.69) is 20.9 Å². The molecule has 3 rings (SSSR count). The van der Waals surface area contributed by atoms with Crippen molar-refractivity contribution < 1.29 is 4.79 Å². The first-order chi connectivity index (χ1) is 10.2. The van der Waals surface area contributed by atoms with Gasteiger partial charge in [0, 0.05) is 26.5 Å². The van der Waals surface area contributed by atoms with E-state index in [0.717, 1.165) is 20.3 Å². The second-order valence-corrected chi connectivity index (χ2v) is 6.42. The van der Waals surface area contributed by atoms with Crippen LogP contribution in [0.3, 0.4) is 0 Å². The first kappa shape index (κ1) is 14.3. The Hall–Kier alpha value is -1.65. The second-order valence-electron chi connectivity index (χ2n) is 4.55. The normalized spacial score (nSPS) is 10.7. The third kappa shape index (κ3) is 3.34. The Bertz CT molecular complexity index is 803. The molecular weight excluding hydrogens is 346 g/mol. The Morgan fingerprint density at radius 2 is 1.95 bits per heavy atom. The van der Waals surface area contributed by atoms with Crippen LogP contribution >= 0.6 is 27.7 Å². The molecule has 0 unspecified atom stereocenters. The lowest BCUT2D eigenvalue weighted by Gasteiger charge is -2.05. The summed E-state index contributed by atoms with van der Waals surface area (Å²) in [7, 11) is 0. The zero-order valence-electron chi connectivity index (χ0n) is 11.1. The van der Waals surface area contributed by atoms with E-state index in [1.165, 1.54) is 11.8 Å². The fourth-order valence-corrected chi connectivity index (χ4v) is 3.49. The minimum absolute atomic E-state index is 0.114. The van der Waals surface area contributed by atoms with Crippen LogP contribution in [0.5, 0.6) is 0 Å². The summed E-state index contributed by atoms with van der Waals surface area (Å²) in [5.41, 5.74) is 1.56. The topological polar surface area (TPSA) is 30.0 Å². The van der Waals surface area contributed by atoms with E-state index >= 15 is 0 Å². The summed E-state index contributed by atoms with van der Waals surface area (Å²) in [6, 6.07) is 17.5. The van der Waals surface area contributed by atoms with Gasteiger partial charge in [0.15, 0.2) is 5.78 Å². The molecule has 0 amide bonds. The molecule has 0 saturated carbocycles. The van der Waals surface area contributed by atoms with Crippen LogP contribution in [0.2, 0.25) is 0 Å². The Morgan fingerprint density at radius 3 is 2.81 bits per heavy atom. The molecule has 0 spiro atoms. The predicted molar refractivity (Wildman–Crippen MR) is 90.9 cm³/mol. The molecule has 104 valence electrons. The lowest BCUT2D eigenvalue weighted by Crippen LogP contribution is -2.02. The number of rotatable bonds is 4. The number of benzene rings is 2. The van der Waals surface area contributed by atoms with E-state index in [-0.39, 0.29) is 5.78 Å². The molecule has 0 saturated heterocycles. The van der Waals surface area contributed by atoms with Crippen LogP contribution in [0, 0.1) is 0 Å². The number of nitrogens with zero attached hydrogens (tertiary/aromatic N) is 1. The number of aromatic nitrogens is 1. The number of fused-ring (bicyclic) bond motifs is 1. The van der Waals surface area contributed by atoms with Crippen molar-refractivity contribution in [2.75, 3.05) is 5.75 Å². The fraction of sp³-hybridized carbons (Fsp3) is 0.0588. The molecule has 0 bridgehead atoms. The third-order valence-corrected chi connectivity index (χ3v) is 5.15. The number of hydrogen-bond donors (Lipinski definition) is 0. The highest BCUT2D eigenvalue weighted by Crippen LogP contribution is 2.27. The van der Waals surface area contributed by atoms with Crippen molar-refractivity contribution in [3.8, 4) is 0 Å². The van der Waals surface area contributed by atoms with Crippen LogP contribution in [0.4, 0.5) is 0 Å². The maximum Gasteiger partial charge on any atom is 0.173 e. The molecule has 3 aromatic rings. The molecule has 4 heteroatoms. The summed E-state index contributed by atoms with van der Waals surface area (Å²) in [4.78, 5) is 17.7. The Labute approximate surface area is 135 Å². The van der Waals surface area contributed by atoms with Crippen molar-refractivity contribution >= 4 is 44.4 Å². The standard InChI is InChI=1S/C17H12BrNOS/c18-14-5-1-2-6-17(14)21-11-16(20)13-8-7-12-4-3-9-19-15(12)10-13/h1-10H,11H2. The van der Waals surface area contributed by atoms with Crippen LogP contribution in [-0.2, 0) is 0 Å². The number of carbonyl (C=O) groups excluding carboxylic acids is 1. The van der Waals surface area contributed by atoms with E-state index in [9.17, 15) is 4.79 Å². The van der Waals surface area contributed by atoms with Gasteiger partial charge in [-0.25, -0.2) is 0 Å². The summed E-state index contributed by atoms with van der Waals surface area (Å²) in [5, 5.41) is 1.05. The average Bonchev–Trinajstić information content (AvgIpc) is 2.53. The van der Waals surface area contributed by atoms with Gasteiger partial charge in [-0.15, -0.1) is 11.8 Å². The Balaban J connectivity index is 1.76. The van der Waals surface area contributed by atoms with E-state index in [1.807, 2.05) is 54.6 Å². The van der Waals surface area contributed by atoms with Crippen LogP contribution in [0.1, 0.15) is 10.4 Å². The van der Waals surface area contributed by atoms with Crippen molar-refractivity contribution in [1.29, 1.82) is 0 Å². The number of carbonyl (C=O) groups is 1. The number of pyridine rings is 1. The van der Waals surface area contributed by atoms with Crippen molar-refractivity contribution in [2.45, 2.75) is 4.90 Å². The number of thioether (sulfide) groups is 1. The molecular formula is C17H12BrNOS. The van der Waals surface area contributed by atoms with Crippen LogP contribution in [-0.4, -0.2) is 16.5 Å². The van der Waals surface area contributed by atoms with Crippen LogP contribution in [0.15, 0.2) is 70.2 Å². The van der Waals surface area contributed by atoms with Gasteiger partial charge in [0.1, 0.15) is 0 Å².